The lowest BCUT2D eigenvalue weighted by Crippen LogP contribution is -2.60. The number of nitrogens with two attached hydrogens (primary N) is 1. The number of hydrogen-bond donors (Lipinski definition) is 3. The number of nitrogens with zero attached hydrogens (tertiary/aromatic N) is 3. The van der Waals surface area contributed by atoms with Gasteiger partial charge < -0.3 is 44.7 Å². The third-order valence-electron chi connectivity index (χ3n) is 12.5. The zero-order valence-corrected chi connectivity index (χ0v) is 35.8. The molecule has 13 atom stereocenters. The Hall–Kier alpha value is -4.45. The highest BCUT2D eigenvalue weighted by Crippen LogP contribution is 2.43. The van der Waals surface area contributed by atoms with Crippen LogP contribution in [0.15, 0.2) is 29.3 Å². The molecule has 1 aromatic carbocycles. The second kappa shape index (κ2) is 18.0. The van der Waals surface area contributed by atoms with E-state index in [9.17, 15) is 33.9 Å². The lowest BCUT2D eigenvalue weighted by Gasteiger charge is -2.47. The first-order chi connectivity index (χ1) is 27.6. The predicted molar refractivity (Wildman–Crippen MR) is 213 cm³/mol. The highest BCUT2D eigenvalue weighted by atomic mass is 16.7. The molecule has 4 fully saturated rings. The highest BCUT2D eigenvalue weighted by molar-refractivity contribution is 6.00. The lowest BCUT2D eigenvalue weighted by atomic mass is 9.73. The van der Waals surface area contributed by atoms with Crippen LogP contribution in [-0.2, 0) is 44.6 Å². The maximum Gasteiger partial charge on any atom is 0.411 e. The van der Waals surface area contributed by atoms with Crippen molar-refractivity contribution in [3.8, 4) is 0 Å². The van der Waals surface area contributed by atoms with Gasteiger partial charge >= 0.3 is 18.2 Å². The van der Waals surface area contributed by atoms with Crippen molar-refractivity contribution in [3.63, 3.8) is 0 Å². The van der Waals surface area contributed by atoms with Gasteiger partial charge in [-0.15, -0.1) is 0 Å². The third kappa shape index (κ3) is 9.48. The highest BCUT2D eigenvalue weighted by Gasteiger charge is 2.61. The van der Waals surface area contributed by atoms with Crippen LogP contribution < -0.4 is 11.1 Å². The van der Waals surface area contributed by atoms with Crippen molar-refractivity contribution in [2.45, 2.75) is 135 Å². The summed E-state index contributed by atoms with van der Waals surface area (Å²) in [6, 6.07) is 5.11. The smallest absolute Gasteiger partial charge is 0.411 e. The monoisotopic (exact) mass is 827 g/mol. The second-order valence-corrected chi connectivity index (χ2v) is 17.3. The normalized spacial score (nSPS) is 38.2. The number of amides is 3. The van der Waals surface area contributed by atoms with Crippen LogP contribution in [0.2, 0.25) is 0 Å². The van der Waals surface area contributed by atoms with Gasteiger partial charge in [-0.3, -0.25) is 29.1 Å². The predicted octanol–water partition coefficient (Wildman–Crippen LogP) is 3.02. The molecule has 0 saturated carbocycles. The van der Waals surface area contributed by atoms with Crippen molar-refractivity contribution in [2.24, 2.45) is 34.4 Å². The number of esters is 1. The van der Waals surface area contributed by atoms with Crippen LogP contribution >= 0.6 is 0 Å². The van der Waals surface area contributed by atoms with E-state index in [2.05, 4.69) is 5.32 Å². The van der Waals surface area contributed by atoms with E-state index < -0.39 is 95.4 Å². The summed E-state index contributed by atoms with van der Waals surface area (Å²) in [5.41, 5.74) is 3.41. The zero-order chi connectivity index (χ0) is 43.7. The van der Waals surface area contributed by atoms with Gasteiger partial charge in [-0.25, -0.2) is 9.59 Å². The first kappa shape index (κ1) is 45.6. The first-order valence-corrected chi connectivity index (χ1v) is 20.4. The van der Waals surface area contributed by atoms with Crippen molar-refractivity contribution in [1.29, 1.82) is 0 Å². The quantitative estimate of drug-likeness (QED) is 0.205. The molecule has 4 N–H and O–H groups in total. The minimum Gasteiger partial charge on any atom is -0.458 e. The maximum atomic E-state index is 14.8. The van der Waals surface area contributed by atoms with Crippen LogP contribution in [0.3, 0.4) is 0 Å². The Labute approximate surface area is 345 Å². The summed E-state index contributed by atoms with van der Waals surface area (Å²) in [5, 5.41) is 14.3. The van der Waals surface area contributed by atoms with E-state index in [1.807, 2.05) is 25.9 Å². The average Bonchev–Trinajstić information content (AvgIpc) is 3.44. The number of ketones is 2. The van der Waals surface area contributed by atoms with Crippen LogP contribution in [0, 0.1) is 23.7 Å². The Bertz CT molecular complexity index is 1810. The molecule has 3 amide bonds. The van der Waals surface area contributed by atoms with Gasteiger partial charge in [0.15, 0.2) is 17.7 Å². The van der Waals surface area contributed by atoms with Crippen molar-refractivity contribution >= 4 is 41.3 Å². The molecule has 4 saturated heterocycles. The van der Waals surface area contributed by atoms with Crippen LogP contribution in [-0.4, -0.2) is 137 Å². The number of fused-ring (bicyclic) bond motifs is 4. The molecule has 4 aliphatic heterocycles. The summed E-state index contributed by atoms with van der Waals surface area (Å²) in [4.78, 5) is 90.9. The van der Waals surface area contributed by atoms with E-state index >= 15 is 0 Å². The molecule has 0 radical (unpaired) electrons. The minimum absolute atomic E-state index is 0.0812. The van der Waals surface area contributed by atoms with Crippen molar-refractivity contribution < 1.29 is 57.6 Å². The van der Waals surface area contributed by atoms with Crippen LogP contribution in [0.25, 0.3) is 0 Å². The number of ether oxygens (including phenoxy) is 5. The number of aliphatic hydroxyl groups is 1. The maximum absolute atomic E-state index is 14.8. The molecule has 17 heteroatoms. The minimum atomic E-state index is -1.76. The van der Waals surface area contributed by atoms with Gasteiger partial charge in [0, 0.05) is 29.4 Å². The average molecular weight is 828 g/mol. The number of carbonyl (C=O) groups excluding carboxylic acids is 6. The number of nitrogens with one attached hydrogen (secondary N) is 1. The Balaban J connectivity index is 1.67. The number of cyclic esters (lactones) is 1. The molecule has 17 nitrogen and oxygen atoms in total. The summed E-state index contributed by atoms with van der Waals surface area (Å²) < 4.78 is 31.2. The van der Waals surface area contributed by atoms with E-state index in [4.69, 9.17) is 34.4 Å². The van der Waals surface area contributed by atoms with Gasteiger partial charge in [0.25, 0.3) is 0 Å². The fourth-order valence-electron chi connectivity index (χ4n) is 9.30. The largest absolute Gasteiger partial charge is 0.458 e. The van der Waals surface area contributed by atoms with Crippen LogP contribution in [0.5, 0.6) is 0 Å². The summed E-state index contributed by atoms with van der Waals surface area (Å²) in [7, 11) is 3.64. The van der Waals surface area contributed by atoms with Crippen LogP contribution in [0.1, 0.15) is 90.6 Å². The Morgan fingerprint density at radius 1 is 1.02 bits per heavy atom. The molecular weight excluding hydrogens is 766 g/mol. The Kier molecular flexibility index (Phi) is 13.9. The van der Waals surface area contributed by atoms with Crippen molar-refractivity contribution in [3.05, 3.63) is 35.4 Å². The standard InChI is InChI=1S/C42H61N5O12/c1-11-30-42(8)34-23(4)31(48)21(2)17-41(7,35(24(5)32(49)25(6)37(52)56-30)57-38-33(50)29(46(9)10)16-22(3)55-38)58-39(53)45-19-28(20-47(34)40(54)59-42)44-18-26-12-14-27(15-13-26)36(43)51/h12-15,21-25,29-30,33-35,38,50H,11,16-20H2,1-10H3,(H2,43,51)(H,45,53)/t21-,22-,23+,24+,25-,29+,30-,33-,34+,35-,38+,41-,42-/m1/s1. The van der Waals surface area contributed by atoms with E-state index in [0.29, 0.717) is 23.3 Å². The number of hydrogen-bond acceptors (Lipinski definition) is 14. The second-order valence-electron chi connectivity index (χ2n) is 17.3. The molecule has 4 heterocycles. The number of rotatable bonds is 7. The van der Waals surface area contributed by atoms with Gasteiger partial charge in [0.05, 0.1) is 37.5 Å². The molecule has 0 spiro atoms. The van der Waals surface area contributed by atoms with E-state index in [1.165, 1.54) is 11.8 Å². The number of Topliss-reactive ketones (excluding diaryl/α,β-unsaturated/α-hetero) is 2. The number of aliphatic imine (C=N–C) groups is 1. The third-order valence-corrected chi connectivity index (χ3v) is 12.5. The van der Waals surface area contributed by atoms with Crippen LogP contribution in [0.4, 0.5) is 9.59 Å². The van der Waals surface area contributed by atoms with Gasteiger partial charge in [-0.1, -0.05) is 39.8 Å². The lowest BCUT2D eigenvalue weighted by molar-refractivity contribution is -0.292. The van der Waals surface area contributed by atoms with E-state index in [0.717, 1.165) is 0 Å². The summed E-state index contributed by atoms with van der Waals surface area (Å²) in [6.07, 6.45) is -6.51. The van der Waals surface area contributed by atoms with E-state index in [-0.39, 0.29) is 50.4 Å². The number of likely N-dealkylation sites (N-methyl/N-ethyl adjacent to an activating group) is 1. The number of benzene rings is 1. The number of aliphatic hydroxyl groups excluding tert-OH is 1. The van der Waals surface area contributed by atoms with Crippen molar-refractivity contribution in [2.75, 3.05) is 27.2 Å². The zero-order valence-electron chi connectivity index (χ0n) is 35.8. The SMILES string of the molecule is CC[C@H]1OC(=O)[C@H](C)C(=O)[C@H](C)[C@@H](O[C@@H]2O[C@H](C)C[C@H](N(C)C)[C@H]2O)[C@@]2(C)C[C@@H](C)C(=O)[C@H](C)[C@@H]3N(CC(=NCc4ccc(C(N)=O)cc4)CNC(=O)O2)C(=O)O[C@@]31C. The summed E-state index contributed by atoms with van der Waals surface area (Å²) in [5.74, 6) is -6.70. The molecular formula is C42H61N5O12. The molecule has 59 heavy (non-hydrogen) atoms. The number of alkyl carbamates (subject to hydrolysis) is 1. The molecule has 2 bridgehead atoms. The molecule has 4 aliphatic rings. The molecule has 1 aromatic rings. The number of carbonyl (C=O) groups is 6. The molecule has 0 aromatic heterocycles. The van der Waals surface area contributed by atoms with Gasteiger partial charge in [0.2, 0.25) is 5.91 Å². The summed E-state index contributed by atoms with van der Waals surface area (Å²) in [6.45, 7) is 12.8. The fraction of sp³-hybridized carbons (Fsp3) is 0.690. The Morgan fingerprint density at radius 3 is 2.29 bits per heavy atom. The first-order valence-electron chi connectivity index (χ1n) is 20.4. The molecule has 326 valence electrons. The van der Waals surface area contributed by atoms with E-state index in [1.54, 1.807) is 65.8 Å². The number of primary amides is 1. The fourth-order valence-corrected chi connectivity index (χ4v) is 9.30. The molecule has 0 aliphatic carbocycles. The van der Waals surface area contributed by atoms with Gasteiger partial charge in [0.1, 0.15) is 35.6 Å². The summed E-state index contributed by atoms with van der Waals surface area (Å²) >= 11 is 0. The van der Waals surface area contributed by atoms with Gasteiger partial charge in [-0.2, -0.15) is 0 Å². The van der Waals surface area contributed by atoms with Crippen molar-refractivity contribution in [1.82, 2.24) is 15.1 Å². The molecule has 5 rings (SSSR count). The molecule has 0 unspecified atom stereocenters. The Morgan fingerprint density at radius 2 is 1.68 bits per heavy atom. The van der Waals surface area contributed by atoms with Gasteiger partial charge in [-0.05, 0) is 78.7 Å². The topological polar surface area (TPSA) is 226 Å².